The molecule has 8 nitrogen and oxygen atoms in total. The fourth-order valence-corrected chi connectivity index (χ4v) is 3.16. The molecule has 1 saturated heterocycles. The van der Waals surface area contributed by atoms with E-state index < -0.39 is 0 Å². The van der Waals surface area contributed by atoms with Crippen LogP contribution in [0.3, 0.4) is 0 Å². The summed E-state index contributed by atoms with van der Waals surface area (Å²) in [7, 11) is 0. The van der Waals surface area contributed by atoms with Crippen molar-refractivity contribution in [2.24, 2.45) is 0 Å². The van der Waals surface area contributed by atoms with Gasteiger partial charge in [-0.25, -0.2) is 9.97 Å². The van der Waals surface area contributed by atoms with Crippen molar-refractivity contribution in [1.82, 2.24) is 30.7 Å². The Balaban J connectivity index is 1.39. The third-order valence-electron chi connectivity index (χ3n) is 4.55. The summed E-state index contributed by atoms with van der Waals surface area (Å²) >= 11 is 0. The van der Waals surface area contributed by atoms with Crippen molar-refractivity contribution < 1.29 is 9.32 Å². The molecule has 1 atom stereocenters. The van der Waals surface area contributed by atoms with Gasteiger partial charge in [0.1, 0.15) is 0 Å². The average molecular weight is 364 g/mol. The Kier molecular flexibility index (Phi) is 5.15. The molecule has 2 N–H and O–H groups in total. The second kappa shape index (κ2) is 8.05. The zero-order valence-corrected chi connectivity index (χ0v) is 14.8. The number of piperidine rings is 1. The van der Waals surface area contributed by atoms with E-state index in [1.165, 1.54) is 5.56 Å². The van der Waals surface area contributed by atoms with Crippen LogP contribution in [0.4, 0.5) is 0 Å². The number of hydrogen-bond donors (Lipinski definition) is 2. The normalized spacial score (nSPS) is 16.8. The molecule has 4 rings (SSSR count). The number of benzene rings is 1. The molecule has 3 aromatic rings. The first-order valence-electron chi connectivity index (χ1n) is 8.98. The van der Waals surface area contributed by atoms with Crippen LogP contribution in [0.1, 0.15) is 40.6 Å². The fourth-order valence-electron chi connectivity index (χ4n) is 3.16. The molecular formula is C19H20N6O2. The van der Waals surface area contributed by atoms with Crippen molar-refractivity contribution in [2.75, 3.05) is 13.1 Å². The second-order valence-electron chi connectivity index (χ2n) is 6.44. The number of nitrogens with zero attached hydrogens (tertiary/aromatic N) is 4. The molecule has 2 aromatic heterocycles. The van der Waals surface area contributed by atoms with E-state index in [9.17, 15) is 4.79 Å². The third kappa shape index (κ3) is 4.17. The molecule has 1 aliphatic heterocycles. The first-order chi connectivity index (χ1) is 13.3. The zero-order valence-electron chi connectivity index (χ0n) is 14.8. The number of hydrogen-bond acceptors (Lipinski definition) is 7. The molecule has 0 aliphatic carbocycles. The monoisotopic (exact) mass is 364 g/mol. The lowest BCUT2D eigenvalue weighted by Crippen LogP contribution is -2.28. The Morgan fingerprint density at radius 1 is 1.22 bits per heavy atom. The summed E-state index contributed by atoms with van der Waals surface area (Å²) in [6, 6.07) is 9.49. The van der Waals surface area contributed by atoms with Crippen LogP contribution in [-0.2, 0) is 6.54 Å². The molecule has 27 heavy (non-hydrogen) atoms. The number of carbonyl (C=O) groups is 1. The molecule has 0 radical (unpaired) electrons. The van der Waals surface area contributed by atoms with Crippen LogP contribution >= 0.6 is 0 Å². The van der Waals surface area contributed by atoms with E-state index in [0.717, 1.165) is 25.9 Å². The van der Waals surface area contributed by atoms with E-state index in [1.807, 2.05) is 18.2 Å². The molecule has 0 unspecified atom stereocenters. The van der Waals surface area contributed by atoms with Gasteiger partial charge in [-0.15, -0.1) is 0 Å². The highest BCUT2D eigenvalue weighted by Crippen LogP contribution is 2.23. The average Bonchev–Trinajstić information content (AvgIpc) is 3.22. The van der Waals surface area contributed by atoms with Gasteiger partial charge in [0.2, 0.25) is 17.5 Å². The van der Waals surface area contributed by atoms with Gasteiger partial charge in [-0.1, -0.05) is 17.3 Å². The SMILES string of the molecule is O=C(NCc1nc(-c2ncccn2)no1)c1cccc([C@@H]2CCCNC2)c1. The standard InChI is InChI=1S/C19H20N6O2/c26-19(14-5-1-4-13(10-14)15-6-2-7-20-11-15)23-12-16-24-18(25-27-16)17-21-8-3-9-22-17/h1,3-5,8-10,15,20H,2,6-7,11-12H2,(H,23,26)/t15-/m1/s1. The summed E-state index contributed by atoms with van der Waals surface area (Å²) in [5.41, 5.74) is 1.82. The molecule has 1 amide bonds. The van der Waals surface area contributed by atoms with Gasteiger partial charge in [0, 0.05) is 24.5 Å². The highest BCUT2D eigenvalue weighted by atomic mass is 16.5. The Bertz CT molecular complexity index is 905. The largest absolute Gasteiger partial charge is 0.343 e. The predicted molar refractivity (Wildman–Crippen MR) is 97.8 cm³/mol. The van der Waals surface area contributed by atoms with Crippen molar-refractivity contribution in [1.29, 1.82) is 0 Å². The van der Waals surface area contributed by atoms with Crippen molar-refractivity contribution in [2.45, 2.75) is 25.3 Å². The van der Waals surface area contributed by atoms with Gasteiger partial charge in [0.25, 0.3) is 5.91 Å². The second-order valence-corrected chi connectivity index (χ2v) is 6.44. The van der Waals surface area contributed by atoms with Crippen LogP contribution in [0.5, 0.6) is 0 Å². The Morgan fingerprint density at radius 3 is 2.93 bits per heavy atom. The number of rotatable bonds is 5. The quantitative estimate of drug-likeness (QED) is 0.712. The first-order valence-corrected chi connectivity index (χ1v) is 8.98. The van der Waals surface area contributed by atoms with Crippen LogP contribution in [-0.4, -0.2) is 39.1 Å². The van der Waals surface area contributed by atoms with Crippen LogP contribution in [0.15, 0.2) is 47.2 Å². The van der Waals surface area contributed by atoms with Gasteiger partial charge in [-0.2, -0.15) is 4.98 Å². The summed E-state index contributed by atoms with van der Waals surface area (Å²) in [4.78, 5) is 24.8. The summed E-state index contributed by atoms with van der Waals surface area (Å²) < 4.78 is 5.16. The number of aromatic nitrogens is 4. The molecule has 0 saturated carbocycles. The first kappa shape index (κ1) is 17.3. The lowest BCUT2D eigenvalue weighted by molar-refractivity contribution is 0.0946. The van der Waals surface area contributed by atoms with E-state index in [2.05, 4.69) is 36.8 Å². The molecule has 3 heterocycles. The molecule has 138 valence electrons. The topological polar surface area (TPSA) is 106 Å². The minimum atomic E-state index is -0.170. The summed E-state index contributed by atoms with van der Waals surface area (Å²) in [5.74, 6) is 1.27. The van der Waals surface area contributed by atoms with Crippen molar-refractivity contribution in [3.63, 3.8) is 0 Å². The Morgan fingerprint density at radius 2 is 2.11 bits per heavy atom. The summed E-state index contributed by atoms with van der Waals surface area (Å²) in [6.07, 6.45) is 5.51. The third-order valence-corrected chi connectivity index (χ3v) is 4.55. The summed E-state index contributed by atoms with van der Waals surface area (Å²) in [5, 5.41) is 10.1. The van der Waals surface area contributed by atoms with Crippen LogP contribution in [0, 0.1) is 0 Å². The van der Waals surface area contributed by atoms with Gasteiger partial charge in [0.05, 0.1) is 6.54 Å². The lowest BCUT2D eigenvalue weighted by Gasteiger charge is -2.23. The molecule has 1 aromatic carbocycles. The Labute approximate surface area is 156 Å². The maximum atomic E-state index is 12.5. The van der Waals surface area contributed by atoms with Crippen LogP contribution in [0.25, 0.3) is 11.6 Å². The fraction of sp³-hybridized carbons (Fsp3) is 0.316. The minimum absolute atomic E-state index is 0.147. The lowest BCUT2D eigenvalue weighted by atomic mass is 9.90. The molecule has 0 spiro atoms. The van der Waals surface area contributed by atoms with Gasteiger partial charge in [0.15, 0.2) is 0 Å². The molecule has 1 fully saturated rings. The number of carbonyl (C=O) groups excluding carboxylic acids is 1. The van der Waals surface area contributed by atoms with E-state index in [4.69, 9.17) is 4.52 Å². The van der Waals surface area contributed by atoms with Crippen molar-refractivity contribution >= 4 is 5.91 Å². The van der Waals surface area contributed by atoms with Gasteiger partial charge in [-0.05, 0) is 49.1 Å². The van der Waals surface area contributed by atoms with E-state index in [-0.39, 0.29) is 12.5 Å². The van der Waals surface area contributed by atoms with Gasteiger partial charge in [-0.3, -0.25) is 4.79 Å². The number of nitrogens with one attached hydrogen (secondary N) is 2. The van der Waals surface area contributed by atoms with E-state index in [0.29, 0.717) is 29.0 Å². The maximum absolute atomic E-state index is 12.5. The van der Waals surface area contributed by atoms with E-state index in [1.54, 1.807) is 18.5 Å². The highest BCUT2D eigenvalue weighted by molar-refractivity contribution is 5.94. The zero-order chi connectivity index (χ0) is 18.5. The number of amides is 1. The van der Waals surface area contributed by atoms with Crippen molar-refractivity contribution in [3.05, 3.63) is 59.7 Å². The van der Waals surface area contributed by atoms with E-state index >= 15 is 0 Å². The highest BCUT2D eigenvalue weighted by Gasteiger charge is 2.17. The molecule has 0 bridgehead atoms. The Hall–Kier alpha value is -3.13. The molecule has 8 heteroatoms. The van der Waals surface area contributed by atoms with Crippen LogP contribution < -0.4 is 10.6 Å². The molecular weight excluding hydrogens is 344 g/mol. The van der Waals surface area contributed by atoms with Gasteiger partial charge >= 0.3 is 0 Å². The molecule has 1 aliphatic rings. The summed E-state index contributed by atoms with van der Waals surface area (Å²) in [6.45, 7) is 2.17. The smallest absolute Gasteiger partial charge is 0.251 e. The van der Waals surface area contributed by atoms with Crippen LogP contribution in [0.2, 0.25) is 0 Å². The van der Waals surface area contributed by atoms with Crippen molar-refractivity contribution in [3.8, 4) is 11.6 Å². The maximum Gasteiger partial charge on any atom is 0.251 e. The van der Waals surface area contributed by atoms with Gasteiger partial charge < -0.3 is 15.2 Å². The minimum Gasteiger partial charge on any atom is -0.343 e. The predicted octanol–water partition coefficient (Wildman–Crippen LogP) is 1.92.